The van der Waals surface area contributed by atoms with Gasteiger partial charge in [-0.05, 0) is 13.0 Å². The molecule has 0 saturated carbocycles. The van der Waals surface area contributed by atoms with E-state index in [1.807, 2.05) is 31.0 Å². The predicted octanol–water partition coefficient (Wildman–Crippen LogP) is 2.22. The van der Waals surface area contributed by atoms with Crippen molar-refractivity contribution in [3.63, 3.8) is 0 Å². The zero-order valence-corrected chi connectivity index (χ0v) is 6.85. The van der Waals surface area contributed by atoms with E-state index >= 15 is 0 Å². The maximum Gasteiger partial charge on any atom is 0.196 e. The average Bonchev–Trinajstić information content (AvgIpc) is 2.34. The molecule has 2 nitrogen and oxygen atoms in total. The van der Waals surface area contributed by atoms with Gasteiger partial charge in [-0.15, -0.1) is 11.6 Å². The standard InChI is InChI=1S/C7H10ClNO/c1-6-3-4-7(10-6)9(2)5-8/h3-4H,5H2,1-2H3. The minimum atomic E-state index is 0.451. The van der Waals surface area contributed by atoms with Crippen molar-refractivity contribution in [2.24, 2.45) is 0 Å². The molecule has 1 heterocycles. The van der Waals surface area contributed by atoms with E-state index in [4.69, 9.17) is 16.0 Å². The number of anilines is 1. The van der Waals surface area contributed by atoms with Crippen molar-refractivity contribution in [2.75, 3.05) is 18.0 Å². The highest BCUT2D eigenvalue weighted by molar-refractivity contribution is 6.18. The lowest BCUT2D eigenvalue weighted by atomic mass is 10.5. The van der Waals surface area contributed by atoms with Crippen molar-refractivity contribution in [3.8, 4) is 0 Å². The molecule has 0 amide bonds. The van der Waals surface area contributed by atoms with Gasteiger partial charge in [0.1, 0.15) is 5.76 Å². The second-order valence-electron chi connectivity index (χ2n) is 2.20. The van der Waals surface area contributed by atoms with Crippen LogP contribution in [0.25, 0.3) is 0 Å². The van der Waals surface area contributed by atoms with E-state index < -0.39 is 0 Å². The summed E-state index contributed by atoms with van der Waals surface area (Å²) in [5.41, 5.74) is 0. The normalized spacial score (nSPS) is 9.90. The lowest BCUT2D eigenvalue weighted by molar-refractivity contribution is 0.532. The van der Waals surface area contributed by atoms with Gasteiger partial charge in [0.25, 0.3) is 0 Å². The summed E-state index contributed by atoms with van der Waals surface area (Å²) in [4.78, 5) is 1.83. The summed E-state index contributed by atoms with van der Waals surface area (Å²) >= 11 is 5.56. The number of nitrogens with zero attached hydrogens (tertiary/aromatic N) is 1. The van der Waals surface area contributed by atoms with Gasteiger partial charge < -0.3 is 9.32 Å². The van der Waals surface area contributed by atoms with Crippen LogP contribution in [0.2, 0.25) is 0 Å². The molecule has 0 aliphatic carbocycles. The molecular weight excluding hydrogens is 150 g/mol. The summed E-state index contributed by atoms with van der Waals surface area (Å²) in [5, 5.41) is 0. The Kier molecular flexibility index (Phi) is 2.22. The number of hydrogen-bond acceptors (Lipinski definition) is 2. The van der Waals surface area contributed by atoms with Gasteiger partial charge in [-0.2, -0.15) is 0 Å². The van der Waals surface area contributed by atoms with Crippen LogP contribution in [0.15, 0.2) is 16.5 Å². The van der Waals surface area contributed by atoms with Crippen LogP contribution in [0.4, 0.5) is 5.88 Å². The second kappa shape index (κ2) is 2.97. The Morgan fingerprint density at radius 2 is 2.30 bits per heavy atom. The summed E-state index contributed by atoms with van der Waals surface area (Å²) in [6, 6.07) is 4.27. The highest BCUT2D eigenvalue weighted by Gasteiger charge is 2.01. The van der Waals surface area contributed by atoms with E-state index in [0.717, 1.165) is 11.6 Å². The van der Waals surface area contributed by atoms with Crippen molar-refractivity contribution in [1.82, 2.24) is 0 Å². The molecule has 10 heavy (non-hydrogen) atoms. The molecule has 0 saturated heterocycles. The average molecular weight is 160 g/mol. The first kappa shape index (κ1) is 7.48. The molecule has 0 aromatic carbocycles. The molecule has 56 valence electrons. The Labute approximate surface area is 65.4 Å². The van der Waals surface area contributed by atoms with Crippen molar-refractivity contribution < 1.29 is 4.42 Å². The molecule has 0 aliphatic heterocycles. The van der Waals surface area contributed by atoms with Gasteiger partial charge in [0, 0.05) is 13.1 Å². The van der Waals surface area contributed by atoms with Crippen LogP contribution in [0.5, 0.6) is 0 Å². The summed E-state index contributed by atoms with van der Waals surface area (Å²) in [6.07, 6.45) is 0. The molecule has 0 fully saturated rings. The Bertz CT molecular complexity index is 209. The first-order valence-corrected chi connectivity index (χ1v) is 3.61. The first-order valence-electron chi connectivity index (χ1n) is 3.07. The van der Waals surface area contributed by atoms with Gasteiger partial charge in [0.15, 0.2) is 5.88 Å². The van der Waals surface area contributed by atoms with E-state index in [-0.39, 0.29) is 0 Å². The Balaban J connectivity index is 2.74. The monoisotopic (exact) mass is 159 g/mol. The molecule has 0 N–H and O–H groups in total. The lowest BCUT2D eigenvalue weighted by Crippen LogP contribution is -2.12. The number of alkyl halides is 1. The summed E-state index contributed by atoms with van der Waals surface area (Å²) in [5.74, 6) is 1.72. The molecule has 0 radical (unpaired) electrons. The zero-order valence-electron chi connectivity index (χ0n) is 6.10. The van der Waals surface area contributed by atoms with Gasteiger partial charge >= 0.3 is 0 Å². The molecule has 0 unspecified atom stereocenters. The fraction of sp³-hybridized carbons (Fsp3) is 0.429. The third-order valence-corrected chi connectivity index (χ3v) is 1.64. The van der Waals surface area contributed by atoms with E-state index in [1.54, 1.807) is 0 Å². The van der Waals surface area contributed by atoms with E-state index in [0.29, 0.717) is 6.00 Å². The number of hydrogen-bond donors (Lipinski definition) is 0. The quantitative estimate of drug-likeness (QED) is 0.486. The molecule has 1 rings (SSSR count). The van der Waals surface area contributed by atoms with Crippen molar-refractivity contribution in [2.45, 2.75) is 6.92 Å². The van der Waals surface area contributed by atoms with Gasteiger partial charge in [-0.1, -0.05) is 0 Å². The summed E-state index contributed by atoms with van der Waals surface area (Å²) in [6.45, 7) is 1.91. The molecule has 0 spiro atoms. The molecule has 0 aliphatic rings. The maximum absolute atomic E-state index is 5.56. The Hall–Kier alpha value is -0.630. The minimum absolute atomic E-state index is 0.451. The maximum atomic E-state index is 5.56. The van der Waals surface area contributed by atoms with Crippen LogP contribution in [0, 0.1) is 6.92 Å². The fourth-order valence-corrected chi connectivity index (χ4v) is 0.803. The molecule has 3 heteroatoms. The topological polar surface area (TPSA) is 16.4 Å². The molecule has 0 atom stereocenters. The smallest absolute Gasteiger partial charge is 0.196 e. The summed E-state index contributed by atoms with van der Waals surface area (Å²) < 4.78 is 5.28. The number of furan rings is 1. The first-order chi connectivity index (χ1) is 4.74. The van der Waals surface area contributed by atoms with Gasteiger partial charge in [0.05, 0.1) is 6.00 Å². The van der Waals surface area contributed by atoms with Crippen molar-refractivity contribution in [3.05, 3.63) is 17.9 Å². The number of rotatable bonds is 2. The Morgan fingerprint density at radius 3 is 2.70 bits per heavy atom. The molecule has 1 aromatic rings. The lowest BCUT2D eigenvalue weighted by Gasteiger charge is -2.09. The van der Waals surface area contributed by atoms with Gasteiger partial charge in [-0.3, -0.25) is 0 Å². The fourth-order valence-electron chi connectivity index (χ4n) is 0.686. The van der Waals surface area contributed by atoms with Gasteiger partial charge in [0.2, 0.25) is 0 Å². The van der Waals surface area contributed by atoms with E-state index in [1.165, 1.54) is 0 Å². The predicted molar refractivity (Wildman–Crippen MR) is 42.6 cm³/mol. The van der Waals surface area contributed by atoms with E-state index in [9.17, 15) is 0 Å². The van der Waals surface area contributed by atoms with Crippen LogP contribution >= 0.6 is 11.6 Å². The highest BCUT2D eigenvalue weighted by Crippen LogP contribution is 2.15. The van der Waals surface area contributed by atoms with Crippen LogP contribution in [-0.2, 0) is 0 Å². The van der Waals surface area contributed by atoms with Crippen LogP contribution in [0.3, 0.4) is 0 Å². The van der Waals surface area contributed by atoms with Gasteiger partial charge in [-0.25, -0.2) is 0 Å². The Morgan fingerprint density at radius 1 is 1.60 bits per heavy atom. The third-order valence-electron chi connectivity index (χ3n) is 1.28. The number of aryl methyl sites for hydroxylation is 1. The van der Waals surface area contributed by atoms with E-state index in [2.05, 4.69) is 0 Å². The SMILES string of the molecule is Cc1ccc(N(C)CCl)o1. The van der Waals surface area contributed by atoms with Crippen molar-refractivity contribution in [1.29, 1.82) is 0 Å². The second-order valence-corrected chi connectivity index (χ2v) is 2.44. The zero-order chi connectivity index (χ0) is 7.56. The molecular formula is C7H10ClNO. The van der Waals surface area contributed by atoms with Crippen LogP contribution < -0.4 is 4.90 Å². The largest absolute Gasteiger partial charge is 0.446 e. The van der Waals surface area contributed by atoms with Crippen LogP contribution in [0.1, 0.15) is 5.76 Å². The van der Waals surface area contributed by atoms with Crippen molar-refractivity contribution >= 4 is 17.5 Å². The molecule has 0 bridgehead atoms. The van der Waals surface area contributed by atoms with Crippen LogP contribution in [-0.4, -0.2) is 13.1 Å². The summed E-state index contributed by atoms with van der Waals surface area (Å²) in [7, 11) is 1.88. The number of halogens is 1. The third kappa shape index (κ3) is 1.45. The minimum Gasteiger partial charge on any atom is -0.446 e. The highest BCUT2D eigenvalue weighted by atomic mass is 35.5. The molecule has 1 aromatic heterocycles.